The van der Waals surface area contributed by atoms with Gasteiger partial charge in [-0.15, -0.1) is 0 Å². The second-order valence-corrected chi connectivity index (χ2v) is 9.15. The standard InChI is InChI=1S/C26H31N5O4/c27-25(28)29-15-12-19(13-16-29)23(32)31(22-10-8-20(9-11-22)24(33)34)26(35)30-14-4-7-21(17-30)18-5-2-1-3-6-18/h1-3,5-6,8-11,19,21H,4,7,12-17H2,(H3,27,28)(H,33,34). The minimum absolute atomic E-state index is 0.0200. The summed E-state index contributed by atoms with van der Waals surface area (Å²) >= 11 is 0. The van der Waals surface area contributed by atoms with Gasteiger partial charge in [0.25, 0.3) is 0 Å². The van der Waals surface area contributed by atoms with E-state index in [2.05, 4.69) is 12.1 Å². The summed E-state index contributed by atoms with van der Waals surface area (Å²) in [6, 6.07) is 15.5. The Morgan fingerprint density at radius 2 is 1.57 bits per heavy atom. The Labute approximate surface area is 204 Å². The highest BCUT2D eigenvalue weighted by molar-refractivity contribution is 6.15. The number of carboxylic acids is 1. The molecule has 9 nitrogen and oxygen atoms in total. The minimum Gasteiger partial charge on any atom is -0.478 e. The van der Waals surface area contributed by atoms with Crippen molar-refractivity contribution in [1.82, 2.24) is 9.80 Å². The molecule has 2 aliphatic heterocycles. The van der Waals surface area contributed by atoms with Gasteiger partial charge >= 0.3 is 12.0 Å². The summed E-state index contributed by atoms with van der Waals surface area (Å²) in [7, 11) is 0. The van der Waals surface area contributed by atoms with Gasteiger partial charge in [0.15, 0.2) is 5.96 Å². The lowest BCUT2D eigenvalue weighted by molar-refractivity contribution is -0.122. The number of rotatable bonds is 4. The number of hydrogen-bond donors (Lipinski definition) is 3. The number of carbonyl (C=O) groups excluding carboxylic acids is 2. The highest BCUT2D eigenvalue weighted by Crippen LogP contribution is 2.30. The molecular formula is C26H31N5O4. The number of urea groups is 1. The van der Waals surface area contributed by atoms with Crippen LogP contribution in [0, 0.1) is 11.3 Å². The van der Waals surface area contributed by atoms with Crippen molar-refractivity contribution in [2.75, 3.05) is 31.1 Å². The van der Waals surface area contributed by atoms with Crippen LogP contribution in [0.5, 0.6) is 0 Å². The Morgan fingerprint density at radius 3 is 2.17 bits per heavy atom. The van der Waals surface area contributed by atoms with Gasteiger partial charge in [-0.25, -0.2) is 14.5 Å². The van der Waals surface area contributed by atoms with Crippen molar-refractivity contribution >= 4 is 29.6 Å². The SMILES string of the molecule is N=C(N)N1CCC(C(=O)N(C(=O)N2CCCC(c3ccccc3)C2)c2ccc(C(=O)O)cc2)CC1. The Hall–Kier alpha value is -3.88. The number of guanidine groups is 1. The second-order valence-electron chi connectivity index (χ2n) is 9.15. The molecule has 0 aromatic heterocycles. The van der Waals surface area contributed by atoms with Crippen molar-refractivity contribution < 1.29 is 19.5 Å². The average Bonchev–Trinajstić information content (AvgIpc) is 2.89. The molecule has 2 heterocycles. The van der Waals surface area contributed by atoms with Gasteiger partial charge < -0.3 is 20.6 Å². The number of benzene rings is 2. The maximum atomic E-state index is 13.8. The average molecular weight is 478 g/mol. The molecule has 0 spiro atoms. The molecule has 2 saturated heterocycles. The van der Waals surface area contributed by atoms with Crippen molar-refractivity contribution in [2.45, 2.75) is 31.6 Å². The minimum atomic E-state index is -1.07. The first-order valence-corrected chi connectivity index (χ1v) is 11.9. The van der Waals surface area contributed by atoms with E-state index in [9.17, 15) is 19.5 Å². The molecule has 0 bridgehead atoms. The molecule has 4 N–H and O–H groups in total. The van der Waals surface area contributed by atoms with Crippen LogP contribution in [0.25, 0.3) is 0 Å². The van der Waals surface area contributed by atoms with Crippen molar-refractivity contribution in [3.05, 3.63) is 65.7 Å². The monoisotopic (exact) mass is 477 g/mol. The molecule has 2 fully saturated rings. The number of aromatic carboxylic acids is 1. The number of imide groups is 1. The molecule has 0 saturated carbocycles. The van der Waals surface area contributed by atoms with E-state index >= 15 is 0 Å². The summed E-state index contributed by atoms with van der Waals surface area (Å²) in [5.41, 5.74) is 7.21. The summed E-state index contributed by atoms with van der Waals surface area (Å²) in [4.78, 5) is 43.5. The third-order valence-electron chi connectivity index (χ3n) is 6.93. The Bertz CT molecular complexity index is 1080. The van der Waals surface area contributed by atoms with E-state index in [0.717, 1.165) is 12.8 Å². The van der Waals surface area contributed by atoms with Crippen molar-refractivity contribution in [2.24, 2.45) is 11.7 Å². The summed E-state index contributed by atoms with van der Waals surface area (Å²) in [5, 5.41) is 16.9. The summed E-state index contributed by atoms with van der Waals surface area (Å²) in [6.07, 6.45) is 2.78. The number of amides is 3. The second kappa shape index (κ2) is 10.6. The Morgan fingerprint density at radius 1 is 0.914 bits per heavy atom. The van der Waals surface area contributed by atoms with E-state index < -0.39 is 5.97 Å². The van der Waals surface area contributed by atoms with Gasteiger partial charge in [0, 0.05) is 38.0 Å². The summed E-state index contributed by atoms with van der Waals surface area (Å²) in [6.45, 7) is 2.03. The predicted molar refractivity (Wildman–Crippen MR) is 132 cm³/mol. The molecule has 184 valence electrons. The van der Waals surface area contributed by atoms with Crippen LogP contribution in [0.2, 0.25) is 0 Å². The van der Waals surface area contributed by atoms with E-state index in [0.29, 0.717) is 44.7 Å². The molecular weight excluding hydrogens is 446 g/mol. The number of nitrogens with one attached hydrogen (secondary N) is 1. The van der Waals surface area contributed by atoms with Crippen molar-refractivity contribution in [3.8, 4) is 0 Å². The number of nitrogens with zero attached hydrogens (tertiary/aromatic N) is 3. The quantitative estimate of drug-likeness (QED) is 0.457. The molecule has 2 aromatic rings. The van der Waals surface area contributed by atoms with E-state index in [1.165, 1.54) is 34.7 Å². The highest BCUT2D eigenvalue weighted by atomic mass is 16.4. The third kappa shape index (κ3) is 5.45. The maximum absolute atomic E-state index is 13.8. The van der Waals surface area contributed by atoms with E-state index in [-0.39, 0.29) is 35.3 Å². The number of hydrogen-bond acceptors (Lipinski definition) is 4. The number of nitrogens with two attached hydrogens (primary N) is 1. The summed E-state index contributed by atoms with van der Waals surface area (Å²) in [5.74, 6) is -1.59. The number of likely N-dealkylation sites (tertiary alicyclic amines) is 2. The third-order valence-corrected chi connectivity index (χ3v) is 6.93. The predicted octanol–water partition coefficient (Wildman–Crippen LogP) is 3.32. The van der Waals surface area contributed by atoms with E-state index in [1.54, 1.807) is 9.80 Å². The lowest BCUT2D eigenvalue weighted by atomic mass is 9.90. The molecule has 4 rings (SSSR count). The normalized spacial score (nSPS) is 18.7. The topological polar surface area (TPSA) is 131 Å². The molecule has 0 radical (unpaired) electrons. The molecule has 35 heavy (non-hydrogen) atoms. The molecule has 0 aliphatic carbocycles. The molecule has 1 unspecified atom stereocenters. The van der Waals surface area contributed by atoms with Crippen molar-refractivity contribution in [1.29, 1.82) is 5.41 Å². The zero-order valence-corrected chi connectivity index (χ0v) is 19.6. The van der Waals surface area contributed by atoms with Crippen LogP contribution in [0.1, 0.15) is 47.5 Å². The van der Waals surface area contributed by atoms with Crippen LogP contribution in [-0.2, 0) is 4.79 Å². The van der Waals surface area contributed by atoms with Crippen LogP contribution in [-0.4, -0.2) is 65.0 Å². The van der Waals surface area contributed by atoms with Gasteiger partial charge in [0.1, 0.15) is 0 Å². The fourth-order valence-corrected chi connectivity index (χ4v) is 4.92. The fourth-order valence-electron chi connectivity index (χ4n) is 4.92. The Kier molecular flexibility index (Phi) is 7.33. The lowest BCUT2D eigenvalue weighted by Crippen LogP contribution is -2.53. The van der Waals surface area contributed by atoms with Gasteiger partial charge in [0.05, 0.1) is 11.3 Å². The maximum Gasteiger partial charge on any atom is 0.335 e. The van der Waals surface area contributed by atoms with Gasteiger partial charge in [0.2, 0.25) is 5.91 Å². The fraction of sp³-hybridized carbons (Fsp3) is 0.385. The molecule has 2 aromatic carbocycles. The first-order valence-electron chi connectivity index (χ1n) is 11.9. The van der Waals surface area contributed by atoms with E-state index in [4.69, 9.17) is 11.1 Å². The zero-order valence-electron chi connectivity index (χ0n) is 19.6. The van der Waals surface area contributed by atoms with Gasteiger partial charge in [-0.05, 0) is 55.5 Å². The van der Waals surface area contributed by atoms with Gasteiger partial charge in [-0.2, -0.15) is 0 Å². The highest BCUT2D eigenvalue weighted by Gasteiger charge is 2.36. The first kappa shape index (κ1) is 24.3. The molecule has 9 heteroatoms. The van der Waals surface area contributed by atoms with E-state index in [1.807, 2.05) is 18.2 Å². The van der Waals surface area contributed by atoms with Gasteiger partial charge in [-0.1, -0.05) is 30.3 Å². The van der Waals surface area contributed by atoms with Crippen LogP contribution in [0.15, 0.2) is 54.6 Å². The first-order chi connectivity index (χ1) is 16.8. The molecule has 2 aliphatic rings. The zero-order chi connectivity index (χ0) is 24.9. The number of anilines is 1. The number of carbonyl (C=O) groups is 3. The lowest BCUT2D eigenvalue weighted by Gasteiger charge is -2.38. The smallest absolute Gasteiger partial charge is 0.335 e. The number of carboxylic acid groups (broad SMARTS) is 1. The number of piperidine rings is 2. The molecule has 3 amide bonds. The van der Waals surface area contributed by atoms with Crippen LogP contribution < -0.4 is 10.6 Å². The van der Waals surface area contributed by atoms with Crippen molar-refractivity contribution in [3.63, 3.8) is 0 Å². The largest absolute Gasteiger partial charge is 0.478 e. The summed E-state index contributed by atoms with van der Waals surface area (Å²) < 4.78 is 0. The Balaban J connectivity index is 1.58. The van der Waals surface area contributed by atoms with Crippen LogP contribution in [0.3, 0.4) is 0 Å². The van der Waals surface area contributed by atoms with Crippen LogP contribution >= 0.6 is 0 Å². The van der Waals surface area contributed by atoms with Crippen LogP contribution in [0.4, 0.5) is 10.5 Å². The molecule has 1 atom stereocenters. The van der Waals surface area contributed by atoms with Gasteiger partial charge in [-0.3, -0.25) is 10.2 Å².